The molecule has 2 aliphatic carbocycles. The van der Waals surface area contributed by atoms with E-state index in [0.29, 0.717) is 22.7 Å². The number of ether oxygens (including phenoxy) is 2. The molecule has 0 radical (unpaired) electrons. The van der Waals surface area contributed by atoms with E-state index in [0.717, 1.165) is 12.8 Å². The van der Waals surface area contributed by atoms with Gasteiger partial charge in [-0.1, -0.05) is 12.1 Å². The average Bonchev–Trinajstić information content (AvgIpc) is 3.37. The molecule has 154 valence electrons. The van der Waals surface area contributed by atoms with Crippen molar-refractivity contribution in [2.75, 3.05) is 17.7 Å². The number of esters is 1. The summed E-state index contributed by atoms with van der Waals surface area (Å²) in [7, 11) is 1.56. The minimum Gasteiger partial charge on any atom is -0.497 e. The van der Waals surface area contributed by atoms with Crippen molar-refractivity contribution < 1.29 is 23.9 Å². The number of carbonyl (C=O) groups excluding carboxylic acids is 3. The standard InChI is InChI=1S/C23H22N2O5/c1-29-16-7-3-6-15(11-16)24-21(26)12-4-2-5-14(8-12)25-22(27)19-13-9-17-18(10-13)30-23(28)20(17)19/h2-8,11,13,17-20H,9-10H2,1H3,(H,24,26)(H,25,27)/t13-,17+,18+,19-,20-/m1/s1. The number of rotatable bonds is 5. The number of hydrogen-bond acceptors (Lipinski definition) is 5. The Bertz CT molecular complexity index is 1030. The highest BCUT2D eigenvalue weighted by Crippen LogP contribution is 2.57. The number of carbonyl (C=O) groups is 3. The van der Waals surface area contributed by atoms with Crippen LogP contribution in [0.3, 0.4) is 0 Å². The van der Waals surface area contributed by atoms with E-state index in [4.69, 9.17) is 9.47 Å². The average molecular weight is 406 g/mol. The second kappa shape index (κ2) is 7.16. The highest BCUT2D eigenvalue weighted by Gasteiger charge is 2.63. The van der Waals surface area contributed by atoms with E-state index >= 15 is 0 Å². The van der Waals surface area contributed by atoms with E-state index in [9.17, 15) is 14.4 Å². The van der Waals surface area contributed by atoms with Crippen LogP contribution in [0.25, 0.3) is 0 Å². The molecule has 1 saturated heterocycles. The van der Waals surface area contributed by atoms with E-state index in [1.165, 1.54) is 0 Å². The molecule has 2 amide bonds. The van der Waals surface area contributed by atoms with Gasteiger partial charge in [0.05, 0.1) is 18.9 Å². The van der Waals surface area contributed by atoms with Gasteiger partial charge in [-0.2, -0.15) is 0 Å². The highest BCUT2D eigenvalue weighted by atomic mass is 16.6. The smallest absolute Gasteiger partial charge is 0.310 e. The molecule has 2 N–H and O–H groups in total. The maximum atomic E-state index is 12.9. The Labute approximate surface area is 173 Å². The quantitative estimate of drug-likeness (QED) is 0.745. The Kier molecular flexibility index (Phi) is 4.46. The zero-order valence-electron chi connectivity index (χ0n) is 16.5. The van der Waals surface area contributed by atoms with Gasteiger partial charge in [0.1, 0.15) is 11.9 Å². The Hall–Kier alpha value is -3.35. The molecule has 2 aromatic carbocycles. The van der Waals surface area contributed by atoms with Crippen molar-refractivity contribution in [3.63, 3.8) is 0 Å². The van der Waals surface area contributed by atoms with Crippen LogP contribution in [-0.2, 0) is 14.3 Å². The summed E-state index contributed by atoms with van der Waals surface area (Å²) < 4.78 is 10.6. The number of nitrogens with one attached hydrogen (secondary N) is 2. The number of fused-ring (bicyclic) bond motifs is 1. The van der Waals surface area contributed by atoms with Crippen LogP contribution in [0.15, 0.2) is 48.5 Å². The normalized spacial score (nSPS) is 28.2. The third-order valence-electron chi connectivity index (χ3n) is 6.51. The van der Waals surface area contributed by atoms with Crippen LogP contribution < -0.4 is 15.4 Å². The Morgan fingerprint density at radius 3 is 2.60 bits per heavy atom. The first-order valence-electron chi connectivity index (χ1n) is 10.1. The van der Waals surface area contributed by atoms with Crippen LogP contribution in [0.5, 0.6) is 5.75 Å². The molecule has 7 nitrogen and oxygen atoms in total. The molecular formula is C23H22N2O5. The summed E-state index contributed by atoms with van der Waals surface area (Å²) >= 11 is 0. The Morgan fingerprint density at radius 2 is 1.80 bits per heavy atom. The summed E-state index contributed by atoms with van der Waals surface area (Å²) in [6.07, 6.45) is 1.65. The predicted octanol–water partition coefficient (Wildman–Crippen LogP) is 3.08. The first-order valence-corrected chi connectivity index (χ1v) is 10.1. The Morgan fingerprint density at radius 1 is 1.03 bits per heavy atom. The molecule has 2 saturated carbocycles. The fourth-order valence-corrected chi connectivity index (χ4v) is 5.23. The van der Waals surface area contributed by atoms with Gasteiger partial charge in [-0.3, -0.25) is 14.4 Å². The molecular weight excluding hydrogens is 384 g/mol. The molecule has 0 aromatic heterocycles. The van der Waals surface area contributed by atoms with Crippen molar-refractivity contribution in [3.8, 4) is 5.75 Å². The molecule has 0 spiro atoms. The lowest BCUT2D eigenvalue weighted by Gasteiger charge is -2.23. The topological polar surface area (TPSA) is 93.7 Å². The lowest BCUT2D eigenvalue weighted by Crippen LogP contribution is -2.35. The van der Waals surface area contributed by atoms with Gasteiger partial charge in [0, 0.05) is 28.9 Å². The summed E-state index contributed by atoms with van der Waals surface area (Å²) in [5.41, 5.74) is 1.57. The van der Waals surface area contributed by atoms with Gasteiger partial charge >= 0.3 is 5.97 Å². The minimum absolute atomic E-state index is 0.000171. The van der Waals surface area contributed by atoms with Gasteiger partial charge in [0.25, 0.3) is 5.91 Å². The van der Waals surface area contributed by atoms with Crippen LogP contribution in [0.4, 0.5) is 11.4 Å². The summed E-state index contributed by atoms with van der Waals surface area (Å²) in [5.74, 6) is -0.362. The van der Waals surface area contributed by atoms with E-state index in [2.05, 4.69) is 10.6 Å². The van der Waals surface area contributed by atoms with Gasteiger partial charge in [-0.15, -0.1) is 0 Å². The van der Waals surface area contributed by atoms with E-state index < -0.39 is 0 Å². The van der Waals surface area contributed by atoms with Crippen LogP contribution >= 0.6 is 0 Å². The molecule has 5 atom stereocenters. The lowest BCUT2D eigenvalue weighted by atomic mass is 9.79. The second-order valence-electron chi connectivity index (χ2n) is 8.18. The van der Waals surface area contributed by atoms with E-state index in [-0.39, 0.29) is 47.6 Å². The summed E-state index contributed by atoms with van der Waals surface area (Å²) in [6, 6.07) is 13.9. The molecule has 5 rings (SSSR count). The van der Waals surface area contributed by atoms with Crippen LogP contribution in [0.2, 0.25) is 0 Å². The van der Waals surface area contributed by atoms with Crippen molar-refractivity contribution in [1.29, 1.82) is 0 Å². The maximum absolute atomic E-state index is 12.9. The van der Waals surface area contributed by atoms with Crippen LogP contribution in [0.1, 0.15) is 23.2 Å². The van der Waals surface area contributed by atoms with Gasteiger partial charge in [0.15, 0.2) is 0 Å². The molecule has 2 bridgehead atoms. The molecule has 3 fully saturated rings. The largest absolute Gasteiger partial charge is 0.497 e. The van der Waals surface area contributed by atoms with Gasteiger partial charge in [-0.25, -0.2) is 0 Å². The zero-order chi connectivity index (χ0) is 20.8. The van der Waals surface area contributed by atoms with Crippen molar-refractivity contribution in [2.24, 2.45) is 23.7 Å². The zero-order valence-corrected chi connectivity index (χ0v) is 16.5. The molecule has 0 unspecified atom stereocenters. The van der Waals surface area contributed by atoms with Gasteiger partial charge < -0.3 is 20.1 Å². The van der Waals surface area contributed by atoms with E-state index in [1.807, 2.05) is 0 Å². The van der Waals surface area contributed by atoms with Gasteiger partial charge in [-0.05, 0) is 49.1 Å². The third kappa shape index (κ3) is 3.10. The van der Waals surface area contributed by atoms with Crippen LogP contribution in [0, 0.1) is 23.7 Å². The fraction of sp³-hybridized carbons (Fsp3) is 0.348. The maximum Gasteiger partial charge on any atom is 0.310 e. The van der Waals surface area contributed by atoms with Crippen molar-refractivity contribution in [3.05, 3.63) is 54.1 Å². The summed E-state index contributed by atoms with van der Waals surface area (Å²) in [4.78, 5) is 37.7. The number of hydrogen-bond donors (Lipinski definition) is 2. The molecule has 1 heterocycles. The molecule has 1 aliphatic heterocycles. The monoisotopic (exact) mass is 406 g/mol. The fourth-order valence-electron chi connectivity index (χ4n) is 5.23. The molecule has 3 aliphatic rings. The molecule has 30 heavy (non-hydrogen) atoms. The number of benzene rings is 2. The predicted molar refractivity (Wildman–Crippen MR) is 109 cm³/mol. The molecule has 2 aromatic rings. The summed E-state index contributed by atoms with van der Waals surface area (Å²) in [6.45, 7) is 0. The van der Waals surface area contributed by atoms with Crippen molar-refractivity contribution >= 4 is 29.2 Å². The molecule has 7 heteroatoms. The number of methoxy groups -OCH3 is 1. The SMILES string of the molecule is COc1cccc(NC(=O)c2cccc(NC(=O)[C@@H]3[C@@H]4C[C@@H]5[C@H]3C(=O)O[C@H]5C4)c2)c1. The Balaban J connectivity index is 1.29. The van der Waals surface area contributed by atoms with Crippen molar-refractivity contribution in [1.82, 2.24) is 0 Å². The first kappa shape index (κ1) is 18.7. The number of amides is 2. The lowest BCUT2D eigenvalue weighted by molar-refractivity contribution is -0.145. The first-order chi connectivity index (χ1) is 14.5. The second-order valence-corrected chi connectivity index (χ2v) is 8.18. The minimum atomic E-state index is -0.351. The summed E-state index contributed by atoms with van der Waals surface area (Å²) in [5, 5.41) is 5.73. The van der Waals surface area contributed by atoms with Crippen molar-refractivity contribution in [2.45, 2.75) is 18.9 Å². The van der Waals surface area contributed by atoms with Crippen LogP contribution in [-0.4, -0.2) is 31.0 Å². The number of anilines is 2. The van der Waals surface area contributed by atoms with Gasteiger partial charge in [0.2, 0.25) is 5.91 Å². The highest BCUT2D eigenvalue weighted by molar-refractivity contribution is 6.05. The third-order valence-corrected chi connectivity index (χ3v) is 6.51. The van der Waals surface area contributed by atoms with E-state index in [1.54, 1.807) is 55.6 Å².